The number of nitrogens with one attached hydrogen (secondary N) is 2. The average Bonchev–Trinajstić information content (AvgIpc) is 2.86. The summed E-state index contributed by atoms with van der Waals surface area (Å²) >= 11 is 0. The van der Waals surface area contributed by atoms with Crippen LogP contribution in [0.25, 0.3) is 0 Å². The van der Waals surface area contributed by atoms with Gasteiger partial charge in [0.05, 0.1) is 0 Å². The predicted octanol–water partition coefficient (Wildman–Crippen LogP) is 1.72. The molecule has 2 aliphatic carbocycles. The van der Waals surface area contributed by atoms with E-state index in [1.54, 1.807) is 0 Å². The monoisotopic (exact) mass is 292 g/mol. The van der Waals surface area contributed by atoms with Gasteiger partial charge in [-0.05, 0) is 42.5 Å². The molecule has 4 unspecified atom stereocenters. The van der Waals surface area contributed by atoms with E-state index >= 15 is 0 Å². The highest BCUT2D eigenvalue weighted by Crippen LogP contribution is 2.56. The van der Waals surface area contributed by atoms with Crippen molar-refractivity contribution in [3.05, 3.63) is 35.4 Å². The predicted molar refractivity (Wildman–Crippen MR) is 81.1 cm³/mol. The standard InChI is InChI=1S/C16H20N2O.ClH/c1-9(11-7-17-8-11)16(19)18-15-13-6-10-4-2-3-5-12(10)14(13)15;/h2-5,9,11,13-15,17H,6-8H2,1H3,(H,18,19);1H. The van der Waals surface area contributed by atoms with Crippen molar-refractivity contribution in [3.63, 3.8) is 0 Å². The summed E-state index contributed by atoms with van der Waals surface area (Å²) in [6, 6.07) is 9.08. The highest BCUT2D eigenvalue weighted by molar-refractivity contribution is 5.85. The molecule has 3 nitrogen and oxygen atoms in total. The molecule has 1 saturated carbocycles. The van der Waals surface area contributed by atoms with Crippen LogP contribution in [0.2, 0.25) is 0 Å². The third-order valence-corrected chi connectivity index (χ3v) is 5.28. The second-order valence-electron chi connectivity index (χ2n) is 6.33. The summed E-state index contributed by atoms with van der Waals surface area (Å²) in [6.07, 6.45) is 1.14. The smallest absolute Gasteiger partial charge is 0.223 e. The van der Waals surface area contributed by atoms with Gasteiger partial charge >= 0.3 is 0 Å². The highest BCUT2D eigenvalue weighted by Gasteiger charge is 2.56. The molecule has 1 amide bonds. The average molecular weight is 293 g/mol. The molecule has 1 aromatic carbocycles. The maximum absolute atomic E-state index is 12.2. The molecule has 3 aliphatic rings. The van der Waals surface area contributed by atoms with Crippen LogP contribution in [0.3, 0.4) is 0 Å². The topological polar surface area (TPSA) is 41.1 Å². The highest BCUT2D eigenvalue weighted by atomic mass is 35.5. The van der Waals surface area contributed by atoms with Gasteiger partial charge in [0, 0.05) is 17.9 Å². The van der Waals surface area contributed by atoms with E-state index in [0.717, 1.165) is 19.5 Å². The van der Waals surface area contributed by atoms with Crippen LogP contribution in [0.1, 0.15) is 24.0 Å². The van der Waals surface area contributed by atoms with Gasteiger partial charge in [0.1, 0.15) is 0 Å². The lowest BCUT2D eigenvalue weighted by atomic mass is 9.88. The number of halogens is 1. The number of amides is 1. The minimum absolute atomic E-state index is 0. The Kier molecular flexibility index (Phi) is 3.51. The van der Waals surface area contributed by atoms with Crippen LogP contribution >= 0.6 is 12.4 Å². The largest absolute Gasteiger partial charge is 0.352 e. The second kappa shape index (κ2) is 5.05. The lowest BCUT2D eigenvalue weighted by Crippen LogP contribution is -2.50. The fourth-order valence-electron chi connectivity index (χ4n) is 3.72. The minimum atomic E-state index is 0. The molecule has 0 radical (unpaired) electrons. The van der Waals surface area contributed by atoms with Gasteiger partial charge in [0.25, 0.3) is 0 Å². The Morgan fingerprint density at radius 2 is 2.10 bits per heavy atom. The van der Waals surface area contributed by atoms with Crippen molar-refractivity contribution in [2.24, 2.45) is 17.8 Å². The number of hydrogen-bond donors (Lipinski definition) is 2. The van der Waals surface area contributed by atoms with E-state index in [-0.39, 0.29) is 24.2 Å². The Bertz CT molecular complexity index is 529. The molecule has 0 aromatic heterocycles. The van der Waals surface area contributed by atoms with Crippen molar-refractivity contribution in [2.45, 2.75) is 25.3 Å². The van der Waals surface area contributed by atoms with Crippen LogP contribution < -0.4 is 10.6 Å². The van der Waals surface area contributed by atoms with Gasteiger partial charge in [-0.3, -0.25) is 4.79 Å². The molecule has 0 bridgehead atoms. The van der Waals surface area contributed by atoms with E-state index in [1.165, 1.54) is 11.1 Å². The first-order valence-corrected chi connectivity index (χ1v) is 7.34. The lowest BCUT2D eigenvalue weighted by Gasteiger charge is -2.31. The summed E-state index contributed by atoms with van der Waals surface area (Å²) in [5, 5.41) is 6.52. The SMILES string of the molecule is CC(C(=O)NC1C2Cc3ccccc3C21)C1CNC1.Cl. The molecule has 2 N–H and O–H groups in total. The van der Waals surface area contributed by atoms with Gasteiger partial charge in [-0.25, -0.2) is 0 Å². The first-order valence-electron chi connectivity index (χ1n) is 7.34. The third kappa shape index (κ3) is 2.04. The lowest BCUT2D eigenvalue weighted by molar-refractivity contribution is -0.126. The number of benzene rings is 1. The van der Waals surface area contributed by atoms with Crippen LogP contribution in [0.15, 0.2) is 24.3 Å². The number of hydrogen-bond acceptors (Lipinski definition) is 2. The van der Waals surface area contributed by atoms with Crippen molar-refractivity contribution in [1.82, 2.24) is 10.6 Å². The zero-order chi connectivity index (χ0) is 13.0. The van der Waals surface area contributed by atoms with Crippen molar-refractivity contribution in [1.29, 1.82) is 0 Å². The Morgan fingerprint density at radius 1 is 1.35 bits per heavy atom. The molecular weight excluding hydrogens is 272 g/mol. The number of fused-ring (bicyclic) bond motifs is 3. The van der Waals surface area contributed by atoms with Gasteiger partial charge in [0.15, 0.2) is 0 Å². The Balaban J connectivity index is 0.00000121. The summed E-state index contributed by atoms with van der Waals surface area (Å²) in [6.45, 7) is 4.05. The van der Waals surface area contributed by atoms with E-state index in [2.05, 4.69) is 41.8 Å². The molecule has 4 rings (SSSR count). The fourth-order valence-corrected chi connectivity index (χ4v) is 3.72. The van der Waals surface area contributed by atoms with Gasteiger partial charge in [-0.1, -0.05) is 31.2 Å². The number of rotatable bonds is 3. The number of carbonyl (C=O) groups excluding carboxylic acids is 1. The normalized spacial score (nSPS) is 31.4. The fraction of sp³-hybridized carbons (Fsp3) is 0.562. The second-order valence-corrected chi connectivity index (χ2v) is 6.33. The van der Waals surface area contributed by atoms with Crippen LogP contribution in [-0.4, -0.2) is 25.0 Å². The Labute approximate surface area is 125 Å². The van der Waals surface area contributed by atoms with Crippen LogP contribution in [0.5, 0.6) is 0 Å². The molecule has 4 atom stereocenters. The number of carbonyl (C=O) groups is 1. The summed E-state index contributed by atoms with van der Waals surface area (Å²) < 4.78 is 0. The quantitative estimate of drug-likeness (QED) is 0.891. The van der Waals surface area contributed by atoms with Crippen molar-refractivity contribution in [2.75, 3.05) is 13.1 Å². The van der Waals surface area contributed by atoms with Gasteiger partial charge in [0.2, 0.25) is 5.91 Å². The molecule has 1 heterocycles. The van der Waals surface area contributed by atoms with Gasteiger partial charge < -0.3 is 10.6 Å². The molecule has 1 aliphatic heterocycles. The maximum atomic E-state index is 12.2. The Hall–Kier alpha value is -1.06. The summed E-state index contributed by atoms with van der Waals surface area (Å²) in [5.41, 5.74) is 2.95. The summed E-state index contributed by atoms with van der Waals surface area (Å²) in [5.74, 6) is 2.19. The molecule has 0 spiro atoms. The van der Waals surface area contributed by atoms with Crippen LogP contribution in [0.4, 0.5) is 0 Å². The van der Waals surface area contributed by atoms with Crippen LogP contribution in [0, 0.1) is 17.8 Å². The third-order valence-electron chi connectivity index (χ3n) is 5.28. The van der Waals surface area contributed by atoms with Crippen LogP contribution in [-0.2, 0) is 11.2 Å². The molecular formula is C16H21ClN2O. The van der Waals surface area contributed by atoms with Crippen molar-refractivity contribution in [3.8, 4) is 0 Å². The van der Waals surface area contributed by atoms with E-state index in [9.17, 15) is 4.79 Å². The summed E-state index contributed by atoms with van der Waals surface area (Å²) in [4.78, 5) is 12.2. The van der Waals surface area contributed by atoms with Gasteiger partial charge in [-0.15, -0.1) is 12.4 Å². The van der Waals surface area contributed by atoms with E-state index in [4.69, 9.17) is 0 Å². The summed E-state index contributed by atoms with van der Waals surface area (Å²) in [7, 11) is 0. The van der Waals surface area contributed by atoms with Crippen molar-refractivity contribution < 1.29 is 4.79 Å². The zero-order valence-electron chi connectivity index (χ0n) is 11.6. The molecule has 1 saturated heterocycles. The first-order chi connectivity index (χ1) is 9.25. The van der Waals surface area contributed by atoms with E-state index < -0.39 is 0 Å². The molecule has 1 aromatic rings. The Morgan fingerprint density at radius 3 is 2.80 bits per heavy atom. The molecule has 4 heteroatoms. The van der Waals surface area contributed by atoms with Gasteiger partial charge in [-0.2, -0.15) is 0 Å². The minimum Gasteiger partial charge on any atom is -0.352 e. The molecule has 20 heavy (non-hydrogen) atoms. The van der Waals surface area contributed by atoms with E-state index in [1.807, 2.05) is 0 Å². The van der Waals surface area contributed by atoms with E-state index in [0.29, 0.717) is 23.8 Å². The molecule has 108 valence electrons. The zero-order valence-corrected chi connectivity index (χ0v) is 12.5. The van der Waals surface area contributed by atoms with Crippen molar-refractivity contribution >= 4 is 18.3 Å². The maximum Gasteiger partial charge on any atom is 0.223 e. The first kappa shape index (κ1) is 13.9. The molecule has 2 fully saturated rings.